The summed E-state index contributed by atoms with van der Waals surface area (Å²) in [5, 5.41) is 0. The van der Waals surface area contributed by atoms with Crippen LogP contribution in [0.4, 0.5) is 5.69 Å². The van der Waals surface area contributed by atoms with Crippen molar-refractivity contribution in [2.24, 2.45) is 5.73 Å². The molecule has 0 bridgehead atoms. The highest BCUT2D eigenvalue weighted by Crippen LogP contribution is 2.16. The van der Waals surface area contributed by atoms with Crippen molar-refractivity contribution in [2.45, 2.75) is 6.54 Å². The number of hydrogen-bond donors (Lipinski definition) is 1. The summed E-state index contributed by atoms with van der Waals surface area (Å²) in [6.45, 7) is 3.76. The lowest BCUT2D eigenvalue weighted by molar-refractivity contribution is 0.386. The van der Waals surface area contributed by atoms with Crippen LogP contribution >= 0.6 is 0 Å². The maximum atomic E-state index is 5.59. The minimum atomic E-state index is 0.610. The molecule has 0 spiro atoms. The molecule has 1 heterocycles. The zero-order valence-corrected chi connectivity index (χ0v) is 9.76. The molecule has 0 aromatic heterocycles. The lowest BCUT2D eigenvalue weighted by atomic mass is 10.2. The zero-order chi connectivity index (χ0) is 11.4. The summed E-state index contributed by atoms with van der Waals surface area (Å²) in [5.41, 5.74) is 8.01. The van der Waals surface area contributed by atoms with Crippen LogP contribution in [-0.2, 0) is 6.54 Å². The quantitative estimate of drug-likeness (QED) is 0.813. The number of likely N-dealkylation sites (N-methyl/N-ethyl adjacent to an activating group) is 1. The maximum absolute atomic E-state index is 5.59. The van der Waals surface area contributed by atoms with Crippen LogP contribution in [0.15, 0.2) is 36.5 Å². The van der Waals surface area contributed by atoms with Gasteiger partial charge in [0.1, 0.15) is 0 Å². The largest absolute Gasteiger partial charge is 0.347 e. The van der Waals surface area contributed by atoms with Crippen LogP contribution < -0.4 is 10.6 Å². The molecule has 2 N–H and O–H groups in total. The molecule has 3 heteroatoms. The van der Waals surface area contributed by atoms with E-state index < -0.39 is 0 Å². The van der Waals surface area contributed by atoms with Gasteiger partial charge in [-0.1, -0.05) is 18.2 Å². The topological polar surface area (TPSA) is 32.5 Å². The number of benzene rings is 1. The van der Waals surface area contributed by atoms with Gasteiger partial charge in [0.15, 0.2) is 0 Å². The number of nitrogens with two attached hydrogens (primary N) is 1. The molecule has 0 aliphatic carbocycles. The molecule has 0 amide bonds. The predicted molar refractivity (Wildman–Crippen MR) is 68.3 cm³/mol. The molecule has 3 nitrogen and oxygen atoms in total. The molecule has 86 valence electrons. The molecule has 0 fully saturated rings. The van der Waals surface area contributed by atoms with Crippen LogP contribution in [0, 0.1) is 0 Å². The second-order valence-corrected chi connectivity index (χ2v) is 4.21. The van der Waals surface area contributed by atoms with Crippen molar-refractivity contribution >= 4 is 5.69 Å². The van der Waals surface area contributed by atoms with E-state index in [1.807, 2.05) is 0 Å². The molecule has 0 saturated heterocycles. The van der Waals surface area contributed by atoms with Crippen molar-refractivity contribution in [2.75, 3.05) is 31.6 Å². The Labute approximate surface area is 97.2 Å². The van der Waals surface area contributed by atoms with Gasteiger partial charge >= 0.3 is 0 Å². The van der Waals surface area contributed by atoms with Gasteiger partial charge in [0, 0.05) is 38.1 Å². The Kier molecular flexibility index (Phi) is 3.59. The van der Waals surface area contributed by atoms with Gasteiger partial charge in [-0.05, 0) is 24.7 Å². The molecule has 1 aromatic rings. The van der Waals surface area contributed by atoms with Crippen LogP contribution in [0.3, 0.4) is 0 Å². The zero-order valence-electron chi connectivity index (χ0n) is 9.76. The van der Waals surface area contributed by atoms with E-state index in [0.29, 0.717) is 6.54 Å². The normalized spacial score (nSPS) is 17.5. The van der Waals surface area contributed by atoms with Gasteiger partial charge in [-0.25, -0.2) is 0 Å². The summed E-state index contributed by atoms with van der Waals surface area (Å²) < 4.78 is 0. The van der Waals surface area contributed by atoms with E-state index in [1.165, 1.54) is 11.3 Å². The summed E-state index contributed by atoms with van der Waals surface area (Å²) in [7, 11) is 2.14. The molecule has 0 radical (unpaired) electrons. The van der Waals surface area contributed by atoms with Crippen LogP contribution in [0.25, 0.3) is 0 Å². The minimum Gasteiger partial charge on any atom is -0.347 e. The lowest BCUT2D eigenvalue weighted by Gasteiger charge is -2.20. The summed E-state index contributed by atoms with van der Waals surface area (Å²) >= 11 is 0. The standard InChI is InChI=1S/C13H19N3/c1-15-7-2-8-16(10-9-15)13-5-3-12(11-14)4-6-13/h2-6,8H,7,9-11,14H2,1H3. The average Bonchev–Trinajstić information content (AvgIpc) is 2.54. The second-order valence-electron chi connectivity index (χ2n) is 4.21. The fraction of sp³-hybridized carbons (Fsp3) is 0.385. The van der Waals surface area contributed by atoms with Crippen LogP contribution in [0.2, 0.25) is 0 Å². The molecular weight excluding hydrogens is 198 g/mol. The number of anilines is 1. The minimum absolute atomic E-state index is 0.610. The molecule has 0 saturated carbocycles. The lowest BCUT2D eigenvalue weighted by Crippen LogP contribution is -2.27. The van der Waals surface area contributed by atoms with E-state index in [2.05, 4.69) is 53.4 Å². The van der Waals surface area contributed by atoms with Gasteiger partial charge in [0.25, 0.3) is 0 Å². The van der Waals surface area contributed by atoms with Gasteiger partial charge < -0.3 is 15.5 Å². The van der Waals surface area contributed by atoms with Gasteiger partial charge in [-0.15, -0.1) is 0 Å². The number of rotatable bonds is 2. The van der Waals surface area contributed by atoms with Crippen molar-refractivity contribution in [1.82, 2.24) is 4.90 Å². The first-order valence-electron chi connectivity index (χ1n) is 5.70. The highest BCUT2D eigenvalue weighted by Gasteiger charge is 2.07. The fourth-order valence-electron chi connectivity index (χ4n) is 1.84. The number of hydrogen-bond acceptors (Lipinski definition) is 3. The summed E-state index contributed by atoms with van der Waals surface area (Å²) in [6, 6.07) is 8.46. The molecule has 1 aliphatic heterocycles. The maximum Gasteiger partial charge on any atom is 0.0406 e. The van der Waals surface area contributed by atoms with Crippen LogP contribution in [0.1, 0.15) is 5.56 Å². The summed E-state index contributed by atoms with van der Waals surface area (Å²) in [6.07, 6.45) is 4.37. The summed E-state index contributed by atoms with van der Waals surface area (Å²) in [5.74, 6) is 0. The van der Waals surface area contributed by atoms with Gasteiger partial charge in [0.2, 0.25) is 0 Å². The van der Waals surface area contributed by atoms with Gasteiger partial charge in [-0.3, -0.25) is 0 Å². The van der Waals surface area contributed by atoms with E-state index in [9.17, 15) is 0 Å². The Bertz CT molecular complexity index is 356. The van der Waals surface area contributed by atoms with Crippen molar-refractivity contribution in [1.29, 1.82) is 0 Å². The van der Waals surface area contributed by atoms with Gasteiger partial charge in [0.05, 0.1) is 0 Å². The Morgan fingerprint density at radius 2 is 1.94 bits per heavy atom. The fourth-order valence-corrected chi connectivity index (χ4v) is 1.84. The molecule has 16 heavy (non-hydrogen) atoms. The van der Waals surface area contributed by atoms with Crippen LogP contribution in [0.5, 0.6) is 0 Å². The Hall–Kier alpha value is -1.32. The third kappa shape index (κ3) is 2.62. The molecule has 1 aromatic carbocycles. The highest BCUT2D eigenvalue weighted by molar-refractivity contribution is 5.50. The van der Waals surface area contributed by atoms with E-state index in [1.54, 1.807) is 0 Å². The Balaban J connectivity index is 2.11. The molecule has 1 aliphatic rings. The predicted octanol–water partition coefficient (Wildman–Crippen LogP) is 1.41. The Morgan fingerprint density at radius 3 is 2.62 bits per heavy atom. The first kappa shape index (κ1) is 11.2. The monoisotopic (exact) mass is 217 g/mol. The van der Waals surface area contributed by atoms with Crippen LogP contribution in [-0.4, -0.2) is 31.6 Å². The van der Waals surface area contributed by atoms with Crippen molar-refractivity contribution < 1.29 is 0 Å². The Morgan fingerprint density at radius 1 is 1.19 bits per heavy atom. The first-order chi connectivity index (χ1) is 7.79. The molecular formula is C13H19N3. The van der Waals surface area contributed by atoms with Crippen molar-refractivity contribution in [3.05, 3.63) is 42.1 Å². The van der Waals surface area contributed by atoms with Gasteiger partial charge in [-0.2, -0.15) is 0 Å². The summed E-state index contributed by atoms with van der Waals surface area (Å²) in [4.78, 5) is 4.59. The van der Waals surface area contributed by atoms with E-state index in [0.717, 1.165) is 19.6 Å². The third-order valence-corrected chi connectivity index (χ3v) is 2.93. The molecule has 0 atom stereocenters. The smallest absolute Gasteiger partial charge is 0.0406 e. The third-order valence-electron chi connectivity index (χ3n) is 2.93. The van der Waals surface area contributed by atoms with E-state index in [4.69, 9.17) is 5.73 Å². The van der Waals surface area contributed by atoms with E-state index in [-0.39, 0.29) is 0 Å². The highest BCUT2D eigenvalue weighted by atomic mass is 15.2. The van der Waals surface area contributed by atoms with Crippen molar-refractivity contribution in [3.8, 4) is 0 Å². The SMILES string of the molecule is CN1CC=CN(c2ccc(CN)cc2)CC1. The van der Waals surface area contributed by atoms with Crippen molar-refractivity contribution in [3.63, 3.8) is 0 Å². The second kappa shape index (κ2) is 5.14. The molecule has 2 rings (SSSR count). The molecule has 0 unspecified atom stereocenters. The first-order valence-corrected chi connectivity index (χ1v) is 5.70. The van der Waals surface area contributed by atoms with E-state index >= 15 is 0 Å². The number of nitrogens with zero attached hydrogens (tertiary/aromatic N) is 2. The average molecular weight is 217 g/mol.